The van der Waals surface area contributed by atoms with E-state index in [0.29, 0.717) is 5.39 Å². The Bertz CT molecular complexity index is 1370. The minimum absolute atomic E-state index is 0.205. The molecule has 0 radical (unpaired) electrons. The summed E-state index contributed by atoms with van der Waals surface area (Å²) >= 11 is 0. The van der Waals surface area contributed by atoms with Crippen LogP contribution in [0.3, 0.4) is 0 Å². The molecule has 3 rings (SSSR count). The maximum Gasteiger partial charge on any atom is 0.416 e. The largest absolute Gasteiger partial charge is 0.416 e. The minimum atomic E-state index is -5.28. The first-order valence-corrected chi connectivity index (χ1v) is 7.60. The number of benzene rings is 3. The van der Waals surface area contributed by atoms with Crippen molar-refractivity contribution >= 4 is 10.8 Å². The van der Waals surface area contributed by atoms with E-state index in [9.17, 15) is 13.2 Å². The van der Waals surface area contributed by atoms with Gasteiger partial charge in [0.15, 0.2) is 0 Å². The normalized spacial score (nSPS) is 22.6. The molecule has 136 valence electrons. The van der Waals surface area contributed by atoms with Gasteiger partial charge in [-0.25, -0.2) is 0 Å². The van der Waals surface area contributed by atoms with Gasteiger partial charge in [0.05, 0.1) is 12.4 Å². The van der Waals surface area contributed by atoms with Crippen LogP contribution in [0.4, 0.5) is 13.2 Å². The molecule has 0 spiro atoms. The summed E-state index contributed by atoms with van der Waals surface area (Å²) in [6.45, 7) is -6.69. The molecular weight excluding hydrogens is 335 g/mol. The highest BCUT2D eigenvalue weighted by Gasteiger charge is 2.30. The summed E-state index contributed by atoms with van der Waals surface area (Å²) in [5, 5.41) is 2.71. The predicted octanol–water partition coefficient (Wildman–Crippen LogP) is 6.14. The first-order chi connectivity index (χ1) is 17.2. The molecule has 3 aromatic rings. The Morgan fingerprint density at radius 2 is 2.00 bits per heavy atom. The average molecular weight is 369 g/mol. The van der Waals surface area contributed by atoms with Crippen molar-refractivity contribution in [2.75, 3.05) is 6.50 Å². The maximum absolute atomic E-state index is 13.5. The van der Waals surface area contributed by atoms with Crippen LogP contribution in [0.25, 0.3) is 10.8 Å². The fourth-order valence-corrected chi connectivity index (χ4v) is 2.36. The van der Waals surface area contributed by atoms with Gasteiger partial charge < -0.3 is 5.32 Å². The molecule has 0 aliphatic heterocycles. The van der Waals surface area contributed by atoms with Crippen molar-refractivity contribution in [2.24, 2.45) is 0 Å². The van der Waals surface area contributed by atoms with E-state index < -0.39 is 73.6 Å². The number of hydrogen-bond donors (Lipinski definition) is 1. The molecule has 0 bridgehead atoms. The summed E-state index contributed by atoms with van der Waals surface area (Å²) in [6, 6.07) is 2.57. The number of fused-ring (bicyclic) bond motifs is 1. The third kappa shape index (κ3) is 4.44. The molecule has 0 unspecified atom stereocenters. The smallest absolute Gasteiger partial charge is 0.310 e. The second-order valence-electron chi connectivity index (χ2n) is 5.36. The Kier molecular flexibility index (Phi) is 2.61. The van der Waals surface area contributed by atoms with Crippen LogP contribution in [0, 0.1) is 0 Å². The summed E-state index contributed by atoms with van der Waals surface area (Å²) in [6.07, 6.45) is -9.92. The zero-order valence-electron chi connectivity index (χ0n) is 25.4. The highest BCUT2D eigenvalue weighted by Crippen LogP contribution is 2.29. The Hall–Kier alpha value is -2.33. The molecule has 0 aliphatic rings. The number of hydrogen-bond acceptors (Lipinski definition) is 1. The molecule has 1 N–H and O–H groups in total. The van der Waals surface area contributed by atoms with E-state index in [1.54, 1.807) is 24.3 Å². The van der Waals surface area contributed by atoms with Crippen molar-refractivity contribution in [2.45, 2.75) is 31.8 Å². The van der Waals surface area contributed by atoms with E-state index in [1.165, 1.54) is 18.2 Å². The molecule has 0 fully saturated rings. The molecule has 0 aromatic heterocycles. The molecule has 1 atom stereocenters. The lowest BCUT2D eigenvalue weighted by molar-refractivity contribution is -0.137. The molecule has 0 amide bonds. The SMILES string of the molecule is [2H]c1c([2H])c(CC([2H])([2H])C([2H])([2H])N[C@]([2H])(c2cccc3ccccc23)C([2H])([2H])[2H])c([2H])c(C(F)(F)F)c1[2H]. The van der Waals surface area contributed by atoms with E-state index in [4.69, 9.17) is 16.4 Å². The van der Waals surface area contributed by atoms with Gasteiger partial charge in [0.25, 0.3) is 0 Å². The Balaban J connectivity index is 2.14. The fraction of sp³-hybridized carbons (Fsp3) is 0.273. The van der Waals surface area contributed by atoms with Gasteiger partial charge >= 0.3 is 6.18 Å². The Labute approximate surface area is 168 Å². The predicted molar refractivity (Wildman–Crippen MR) is 100 cm³/mol. The van der Waals surface area contributed by atoms with Gasteiger partial charge in [-0.3, -0.25) is 0 Å². The van der Waals surface area contributed by atoms with Crippen LogP contribution in [0.5, 0.6) is 0 Å². The van der Waals surface area contributed by atoms with Gasteiger partial charge in [-0.15, -0.1) is 0 Å². The zero-order chi connectivity index (χ0) is 29.1. The van der Waals surface area contributed by atoms with Crippen molar-refractivity contribution in [3.63, 3.8) is 0 Å². The maximum atomic E-state index is 13.5. The number of halogens is 3. The Morgan fingerprint density at radius 3 is 2.81 bits per heavy atom. The highest BCUT2D eigenvalue weighted by molar-refractivity contribution is 5.86. The van der Waals surface area contributed by atoms with Crippen LogP contribution in [0.1, 0.15) is 52.4 Å². The quantitative estimate of drug-likeness (QED) is 0.550. The van der Waals surface area contributed by atoms with Crippen LogP contribution in [0.15, 0.2) is 66.6 Å². The van der Waals surface area contributed by atoms with Crippen molar-refractivity contribution in [1.29, 1.82) is 0 Å². The molecule has 4 heteroatoms. The van der Waals surface area contributed by atoms with Crippen molar-refractivity contribution in [3.8, 4) is 0 Å². The topological polar surface area (TPSA) is 12.0 Å². The van der Waals surface area contributed by atoms with Crippen molar-refractivity contribution in [1.82, 2.24) is 5.32 Å². The zero-order valence-corrected chi connectivity index (χ0v) is 13.4. The molecule has 3 aromatic carbocycles. The summed E-state index contributed by atoms with van der Waals surface area (Å²) in [5.74, 6) is 0. The summed E-state index contributed by atoms with van der Waals surface area (Å²) in [5.41, 5.74) is -3.06. The third-order valence-electron chi connectivity index (χ3n) is 3.56. The summed E-state index contributed by atoms with van der Waals surface area (Å²) in [4.78, 5) is 0. The molecular formula is C22H22F3N. The summed E-state index contributed by atoms with van der Waals surface area (Å²) in [7, 11) is 0. The van der Waals surface area contributed by atoms with Gasteiger partial charge in [0, 0.05) is 15.6 Å². The van der Waals surface area contributed by atoms with E-state index in [2.05, 4.69) is 0 Å². The van der Waals surface area contributed by atoms with Gasteiger partial charge in [-0.05, 0) is 54.1 Å². The van der Waals surface area contributed by atoms with Gasteiger partial charge in [-0.2, -0.15) is 13.2 Å². The lowest BCUT2D eigenvalue weighted by atomic mass is 9.99. The number of nitrogens with one attached hydrogen (secondary N) is 1. The van der Waals surface area contributed by atoms with Crippen LogP contribution < -0.4 is 5.32 Å². The van der Waals surface area contributed by atoms with E-state index in [0.717, 1.165) is 0 Å². The van der Waals surface area contributed by atoms with Gasteiger partial charge in [0.2, 0.25) is 0 Å². The van der Waals surface area contributed by atoms with Crippen LogP contribution in [-0.4, -0.2) is 6.50 Å². The van der Waals surface area contributed by atoms with Crippen molar-refractivity contribution in [3.05, 3.63) is 83.3 Å². The molecule has 0 aliphatic carbocycles. The monoisotopic (exact) mass is 369 g/mol. The van der Waals surface area contributed by atoms with Gasteiger partial charge in [-0.1, -0.05) is 60.6 Å². The van der Waals surface area contributed by atoms with Crippen LogP contribution in [-0.2, 0) is 12.6 Å². The number of alkyl halides is 3. The third-order valence-corrected chi connectivity index (χ3v) is 3.56. The van der Waals surface area contributed by atoms with E-state index >= 15 is 0 Å². The highest BCUT2D eigenvalue weighted by atomic mass is 19.4. The lowest BCUT2D eigenvalue weighted by Gasteiger charge is -2.17. The summed E-state index contributed by atoms with van der Waals surface area (Å²) < 4.78 is 138. The lowest BCUT2D eigenvalue weighted by Crippen LogP contribution is -2.20. The number of rotatable bonds is 6. The van der Waals surface area contributed by atoms with Crippen LogP contribution in [0.2, 0.25) is 0 Å². The molecule has 0 heterocycles. The van der Waals surface area contributed by atoms with E-state index in [1.807, 2.05) is 5.32 Å². The first-order valence-electron chi connectivity index (χ1n) is 13.6. The average Bonchev–Trinajstić information content (AvgIpc) is 2.78. The Morgan fingerprint density at radius 1 is 1.19 bits per heavy atom. The first kappa shape index (κ1) is 8.57. The minimum Gasteiger partial charge on any atom is -0.310 e. The van der Waals surface area contributed by atoms with Crippen molar-refractivity contribution < 1.29 is 29.6 Å². The standard InChI is InChI=1S/C22H22F3N/c1-16(20-13-5-10-18-9-2-3-12-21(18)20)26-14-6-8-17-7-4-11-19(15-17)22(23,24)25/h2-5,7,9-13,15-16,26H,6,8,14H2,1H3/t16-/m0/s1/i1D3,4D,6D2,7D,11D,14D2,15D,16D. The van der Waals surface area contributed by atoms with Crippen LogP contribution >= 0.6 is 0 Å². The fourth-order valence-electron chi connectivity index (χ4n) is 2.36. The van der Waals surface area contributed by atoms with Gasteiger partial charge in [0.1, 0.15) is 0 Å². The molecule has 0 saturated carbocycles. The molecule has 26 heavy (non-hydrogen) atoms. The second-order valence-corrected chi connectivity index (χ2v) is 5.36. The molecule has 1 nitrogen and oxygen atoms in total. The second kappa shape index (κ2) is 7.92. The molecule has 0 saturated heterocycles. The van der Waals surface area contributed by atoms with E-state index in [-0.39, 0.29) is 10.9 Å².